The number of hydrogen-bond donors (Lipinski definition) is 1. The van der Waals surface area contributed by atoms with E-state index in [1.807, 2.05) is 0 Å². The van der Waals surface area contributed by atoms with Crippen LogP contribution in [0, 0.1) is 11.8 Å². The standard InChI is InChI=1S/C15H30N2/c1-3-9-15(2,16)12-17-10-8-13-6-4-5-7-14(13)11-17/h13-14H,3-12,16H2,1-2H3. The predicted octanol–water partition coefficient (Wildman–Crippen LogP) is 3.02. The molecule has 1 heterocycles. The summed E-state index contributed by atoms with van der Waals surface area (Å²) in [6, 6.07) is 0. The number of nitrogens with two attached hydrogens (primary N) is 1. The van der Waals surface area contributed by atoms with Crippen molar-refractivity contribution in [1.29, 1.82) is 0 Å². The predicted molar refractivity (Wildman–Crippen MR) is 74.0 cm³/mol. The van der Waals surface area contributed by atoms with E-state index in [1.165, 1.54) is 51.6 Å². The normalized spacial score (nSPS) is 34.1. The maximum atomic E-state index is 6.38. The number of nitrogens with zero attached hydrogens (tertiary/aromatic N) is 1. The van der Waals surface area contributed by atoms with E-state index >= 15 is 0 Å². The molecule has 2 aliphatic rings. The molecular formula is C15H30N2. The molecule has 1 aliphatic carbocycles. The number of rotatable bonds is 4. The molecule has 0 amide bonds. The van der Waals surface area contributed by atoms with Gasteiger partial charge in [0.05, 0.1) is 0 Å². The molecule has 0 aromatic heterocycles. The van der Waals surface area contributed by atoms with Gasteiger partial charge in [-0.1, -0.05) is 32.6 Å². The maximum absolute atomic E-state index is 6.38. The van der Waals surface area contributed by atoms with Gasteiger partial charge < -0.3 is 10.6 Å². The number of hydrogen-bond acceptors (Lipinski definition) is 2. The van der Waals surface area contributed by atoms with Crippen LogP contribution in [0.3, 0.4) is 0 Å². The second kappa shape index (κ2) is 5.71. The van der Waals surface area contributed by atoms with Crippen LogP contribution in [0.1, 0.15) is 58.8 Å². The highest BCUT2D eigenvalue weighted by molar-refractivity contribution is 4.88. The highest BCUT2D eigenvalue weighted by atomic mass is 15.2. The Morgan fingerprint density at radius 2 is 1.88 bits per heavy atom. The van der Waals surface area contributed by atoms with Crippen molar-refractivity contribution in [3.63, 3.8) is 0 Å². The monoisotopic (exact) mass is 238 g/mol. The molecule has 0 aromatic rings. The fraction of sp³-hybridized carbons (Fsp3) is 1.00. The molecule has 0 spiro atoms. The minimum absolute atomic E-state index is 0.0241. The average molecular weight is 238 g/mol. The van der Waals surface area contributed by atoms with Crippen molar-refractivity contribution in [2.75, 3.05) is 19.6 Å². The maximum Gasteiger partial charge on any atom is 0.0254 e. The van der Waals surface area contributed by atoms with E-state index in [0.717, 1.165) is 24.8 Å². The van der Waals surface area contributed by atoms with Crippen LogP contribution < -0.4 is 5.73 Å². The molecular weight excluding hydrogens is 208 g/mol. The number of likely N-dealkylation sites (tertiary alicyclic amines) is 1. The third-order valence-electron chi connectivity index (χ3n) is 4.78. The first-order valence-corrected chi connectivity index (χ1v) is 7.62. The SMILES string of the molecule is CCCC(C)(N)CN1CCC2CCCCC2C1. The van der Waals surface area contributed by atoms with Crippen LogP contribution in [0.5, 0.6) is 0 Å². The van der Waals surface area contributed by atoms with E-state index in [2.05, 4.69) is 18.7 Å². The highest BCUT2D eigenvalue weighted by Crippen LogP contribution is 2.36. The summed E-state index contributed by atoms with van der Waals surface area (Å²) in [4.78, 5) is 2.64. The molecule has 2 fully saturated rings. The van der Waals surface area contributed by atoms with E-state index in [4.69, 9.17) is 5.73 Å². The van der Waals surface area contributed by atoms with Gasteiger partial charge in [-0.25, -0.2) is 0 Å². The molecule has 3 unspecified atom stereocenters. The molecule has 2 heteroatoms. The van der Waals surface area contributed by atoms with E-state index in [9.17, 15) is 0 Å². The third-order valence-corrected chi connectivity index (χ3v) is 4.78. The summed E-state index contributed by atoms with van der Waals surface area (Å²) in [5.41, 5.74) is 6.41. The van der Waals surface area contributed by atoms with E-state index in [0.29, 0.717) is 0 Å². The number of piperidine rings is 1. The minimum atomic E-state index is 0.0241. The Hall–Kier alpha value is -0.0800. The van der Waals surface area contributed by atoms with Gasteiger partial charge in [0.25, 0.3) is 0 Å². The fourth-order valence-electron chi connectivity index (χ4n) is 3.98. The second-order valence-electron chi connectivity index (χ2n) is 6.73. The van der Waals surface area contributed by atoms with Gasteiger partial charge in [-0.15, -0.1) is 0 Å². The van der Waals surface area contributed by atoms with Gasteiger partial charge in [0.2, 0.25) is 0 Å². The Labute approximate surface area is 107 Å². The van der Waals surface area contributed by atoms with Gasteiger partial charge in [0.1, 0.15) is 0 Å². The Kier molecular flexibility index (Phi) is 4.48. The quantitative estimate of drug-likeness (QED) is 0.816. The zero-order valence-electron chi connectivity index (χ0n) is 11.8. The van der Waals surface area contributed by atoms with Crippen molar-refractivity contribution >= 4 is 0 Å². The van der Waals surface area contributed by atoms with Gasteiger partial charge in [-0.05, 0) is 44.6 Å². The van der Waals surface area contributed by atoms with Crippen LogP contribution in [0.25, 0.3) is 0 Å². The van der Waals surface area contributed by atoms with Gasteiger partial charge >= 0.3 is 0 Å². The molecule has 0 radical (unpaired) electrons. The van der Waals surface area contributed by atoms with Crippen molar-refractivity contribution in [2.45, 2.75) is 64.3 Å². The summed E-state index contributed by atoms with van der Waals surface area (Å²) in [5.74, 6) is 2.02. The Morgan fingerprint density at radius 3 is 2.59 bits per heavy atom. The van der Waals surface area contributed by atoms with Gasteiger partial charge in [0.15, 0.2) is 0 Å². The Bertz CT molecular complexity index is 237. The van der Waals surface area contributed by atoms with E-state index < -0.39 is 0 Å². The molecule has 1 aliphatic heterocycles. The summed E-state index contributed by atoms with van der Waals surface area (Å²) >= 11 is 0. The van der Waals surface area contributed by atoms with Crippen LogP contribution in [0.15, 0.2) is 0 Å². The van der Waals surface area contributed by atoms with Crippen LogP contribution in [0.2, 0.25) is 0 Å². The van der Waals surface area contributed by atoms with Crippen molar-refractivity contribution in [2.24, 2.45) is 17.6 Å². The molecule has 0 aromatic carbocycles. The zero-order valence-corrected chi connectivity index (χ0v) is 11.8. The first-order valence-electron chi connectivity index (χ1n) is 7.62. The van der Waals surface area contributed by atoms with Crippen molar-refractivity contribution < 1.29 is 0 Å². The molecule has 3 atom stereocenters. The molecule has 1 saturated carbocycles. The first-order chi connectivity index (χ1) is 8.11. The zero-order chi connectivity index (χ0) is 12.3. The third kappa shape index (κ3) is 3.69. The lowest BCUT2D eigenvalue weighted by atomic mass is 9.75. The Morgan fingerprint density at radius 1 is 1.18 bits per heavy atom. The molecule has 2 N–H and O–H groups in total. The van der Waals surface area contributed by atoms with Gasteiger partial charge in [0, 0.05) is 18.6 Å². The second-order valence-corrected chi connectivity index (χ2v) is 6.73. The first kappa shape index (κ1) is 13.4. The molecule has 17 heavy (non-hydrogen) atoms. The van der Waals surface area contributed by atoms with Crippen LogP contribution >= 0.6 is 0 Å². The van der Waals surface area contributed by atoms with Crippen molar-refractivity contribution in [3.05, 3.63) is 0 Å². The average Bonchev–Trinajstić information content (AvgIpc) is 2.28. The van der Waals surface area contributed by atoms with Crippen molar-refractivity contribution in [3.8, 4) is 0 Å². The Balaban J connectivity index is 1.83. The van der Waals surface area contributed by atoms with Crippen LogP contribution in [0.4, 0.5) is 0 Å². The molecule has 2 rings (SSSR count). The lowest BCUT2D eigenvalue weighted by molar-refractivity contribution is 0.0712. The summed E-state index contributed by atoms with van der Waals surface area (Å²) in [7, 11) is 0. The lowest BCUT2D eigenvalue weighted by Crippen LogP contribution is -2.52. The summed E-state index contributed by atoms with van der Waals surface area (Å²) in [6.07, 6.45) is 9.68. The summed E-state index contributed by atoms with van der Waals surface area (Å²) < 4.78 is 0. The molecule has 1 saturated heterocycles. The van der Waals surface area contributed by atoms with Crippen LogP contribution in [-0.2, 0) is 0 Å². The lowest BCUT2D eigenvalue weighted by Gasteiger charge is -2.43. The van der Waals surface area contributed by atoms with Gasteiger partial charge in [-0.3, -0.25) is 0 Å². The summed E-state index contributed by atoms with van der Waals surface area (Å²) in [5, 5.41) is 0. The summed E-state index contributed by atoms with van der Waals surface area (Å²) in [6.45, 7) is 8.17. The fourth-order valence-corrected chi connectivity index (χ4v) is 3.98. The highest BCUT2D eigenvalue weighted by Gasteiger charge is 2.33. The van der Waals surface area contributed by atoms with E-state index in [1.54, 1.807) is 0 Å². The molecule has 0 bridgehead atoms. The smallest absolute Gasteiger partial charge is 0.0254 e. The topological polar surface area (TPSA) is 29.3 Å². The molecule has 100 valence electrons. The molecule has 2 nitrogen and oxygen atoms in total. The van der Waals surface area contributed by atoms with E-state index in [-0.39, 0.29) is 5.54 Å². The van der Waals surface area contributed by atoms with Gasteiger partial charge in [-0.2, -0.15) is 0 Å². The number of fused-ring (bicyclic) bond motifs is 1. The van der Waals surface area contributed by atoms with Crippen molar-refractivity contribution in [1.82, 2.24) is 4.90 Å². The van der Waals surface area contributed by atoms with Crippen LogP contribution in [-0.4, -0.2) is 30.1 Å². The minimum Gasteiger partial charge on any atom is -0.324 e. The largest absolute Gasteiger partial charge is 0.324 e.